The van der Waals surface area contributed by atoms with Gasteiger partial charge < -0.3 is 0 Å². The first-order valence-corrected chi connectivity index (χ1v) is 3.01. The fourth-order valence-electron chi connectivity index (χ4n) is 0.752. The molecule has 0 atom stereocenters. The van der Waals surface area contributed by atoms with Crippen LogP contribution in [0, 0.1) is 18.2 Å². The second-order valence-corrected chi connectivity index (χ2v) is 1.97. The lowest BCUT2D eigenvalue weighted by atomic mass is 10.1. The van der Waals surface area contributed by atoms with Crippen LogP contribution >= 0.6 is 0 Å². The highest BCUT2D eigenvalue weighted by molar-refractivity contribution is 5.21. The highest BCUT2D eigenvalue weighted by atomic mass is 19.1. The van der Waals surface area contributed by atoms with E-state index >= 15 is 0 Å². The van der Waals surface area contributed by atoms with Crippen molar-refractivity contribution in [1.82, 2.24) is 0 Å². The molecule has 0 saturated carbocycles. The van der Waals surface area contributed by atoms with Crippen LogP contribution in [0.2, 0.25) is 0 Å². The zero-order valence-electron chi connectivity index (χ0n) is 5.47. The first-order valence-electron chi connectivity index (χ1n) is 3.01. The van der Waals surface area contributed by atoms with E-state index in [2.05, 4.69) is 5.92 Å². The number of hydrogen-bond acceptors (Lipinski definition) is 0. The van der Waals surface area contributed by atoms with Crippen molar-refractivity contribution in [3.8, 4) is 12.3 Å². The molecule has 1 aromatic rings. The normalized spacial score (nSPS) is 8.80. The minimum Gasteiger partial charge on any atom is -0.207 e. The van der Waals surface area contributed by atoms with Crippen LogP contribution in [0.4, 0.5) is 4.39 Å². The van der Waals surface area contributed by atoms with Crippen molar-refractivity contribution in [2.24, 2.45) is 0 Å². The second-order valence-electron chi connectivity index (χ2n) is 1.97. The Morgan fingerprint density at radius 1 is 1.40 bits per heavy atom. The summed E-state index contributed by atoms with van der Waals surface area (Å²) >= 11 is 0. The van der Waals surface area contributed by atoms with Crippen molar-refractivity contribution in [1.29, 1.82) is 0 Å². The molecule has 0 saturated heterocycles. The third kappa shape index (κ3) is 1.35. The molecule has 1 rings (SSSR count). The molecule has 0 heterocycles. The molecule has 10 heavy (non-hydrogen) atoms. The van der Waals surface area contributed by atoms with Crippen LogP contribution in [0.1, 0.15) is 5.56 Å². The molecule has 0 fully saturated rings. The summed E-state index contributed by atoms with van der Waals surface area (Å²) in [6.07, 6.45) is 5.38. The summed E-state index contributed by atoms with van der Waals surface area (Å²) in [5, 5.41) is 0. The highest BCUT2D eigenvalue weighted by Crippen LogP contribution is 2.05. The third-order valence-corrected chi connectivity index (χ3v) is 1.25. The summed E-state index contributed by atoms with van der Waals surface area (Å²) in [6, 6.07) is 6.52. The zero-order valence-corrected chi connectivity index (χ0v) is 5.47. The number of halogens is 1. The van der Waals surface area contributed by atoms with Crippen LogP contribution in [0.25, 0.3) is 0 Å². The molecule has 1 aromatic carbocycles. The molecule has 1 heteroatoms. The lowest BCUT2D eigenvalue weighted by Crippen LogP contribution is -1.85. The monoisotopic (exact) mass is 134 g/mol. The van der Waals surface area contributed by atoms with Crippen LogP contribution < -0.4 is 0 Å². The van der Waals surface area contributed by atoms with Crippen molar-refractivity contribution in [3.63, 3.8) is 0 Å². The van der Waals surface area contributed by atoms with E-state index in [0.717, 1.165) is 0 Å². The van der Waals surface area contributed by atoms with Crippen molar-refractivity contribution in [2.45, 2.75) is 6.42 Å². The Hall–Kier alpha value is -1.29. The SMILES string of the molecule is C#CCc1ccccc1F. The molecule has 0 aliphatic heterocycles. The Morgan fingerprint density at radius 2 is 2.10 bits per heavy atom. The number of rotatable bonds is 1. The average molecular weight is 134 g/mol. The fourth-order valence-corrected chi connectivity index (χ4v) is 0.752. The van der Waals surface area contributed by atoms with Gasteiger partial charge in [-0.3, -0.25) is 0 Å². The van der Waals surface area contributed by atoms with Gasteiger partial charge in [-0.2, -0.15) is 0 Å². The van der Waals surface area contributed by atoms with Gasteiger partial charge in [-0.15, -0.1) is 12.3 Å². The maximum absolute atomic E-state index is 12.7. The Morgan fingerprint density at radius 3 is 2.70 bits per heavy atom. The van der Waals surface area contributed by atoms with Gasteiger partial charge in [-0.1, -0.05) is 18.2 Å². The summed E-state index contributed by atoms with van der Waals surface area (Å²) in [5.74, 6) is 2.16. The predicted octanol–water partition coefficient (Wildman–Crippen LogP) is 2.00. The largest absolute Gasteiger partial charge is 0.207 e. The average Bonchev–Trinajstić information content (AvgIpc) is 1.94. The molecule has 0 radical (unpaired) electrons. The lowest BCUT2D eigenvalue weighted by molar-refractivity contribution is 0.615. The maximum atomic E-state index is 12.7. The Kier molecular flexibility index (Phi) is 2.07. The third-order valence-electron chi connectivity index (χ3n) is 1.25. The highest BCUT2D eigenvalue weighted by Gasteiger charge is 1.95. The van der Waals surface area contributed by atoms with E-state index < -0.39 is 0 Å². The summed E-state index contributed by atoms with van der Waals surface area (Å²) in [7, 11) is 0. The lowest BCUT2D eigenvalue weighted by Gasteiger charge is -1.94. The fraction of sp³-hybridized carbons (Fsp3) is 0.111. The molecule has 0 aliphatic rings. The molecule has 50 valence electrons. The van der Waals surface area contributed by atoms with E-state index in [1.54, 1.807) is 18.2 Å². The molecule has 0 unspecified atom stereocenters. The summed E-state index contributed by atoms with van der Waals surface area (Å²) in [5.41, 5.74) is 0.588. The minimum absolute atomic E-state index is 0.222. The summed E-state index contributed by atoms with van der Waals surface area (Å²) < 4.78 is 12.7. The molecule has 0 amide bonds. The summed E-state index contributed by atoms with van der Waals surface area (Å²) in [6.45, 7) is 0. The molecular weight excluding hydrogens is 127 g/mol. The minimum atomic E-state index is -0.222. The predicted molar refractivity (Wildman–Crippen MR) is 38.9 cm³/mol. The van der Waals surface area contributed by atoms with Crippen LogP contribution in [0.5, 0.6) is 0 Å². The quantitative estimate of drug-likeness (QED) is 0.515. The van der Waals surface area contributed by atoms with Crippen molar-refractivity contribution < 1.29 is 4.39 Å². The molecular formula is C9H7F. The maximum Gasteiger partial charge on any atom is 0.127 e. The molecule has 0 nitrogen and oxygen atoms in total. The van der Waals surface area contributed by atoms with Gasteiger partial charge in [0.25, 0.3) is 0 Å². The van der Waals surface area contributed by atoms with E-state index in [4.69, 9.17) is 6.42 Å². The van der Waals surface area contributed by atoms with Crippen LogP contribution in [0.3, 0.4) is 0 Å². The van der Waals surface area contributed by atoms with E-state index in [1.165, 1.54) is 6.07 Å². The Balaban J connectivity index is 2.94. The van der Waals surface area contributed by atoms with Crippen LogP contribution in [0.15, 0.2) is 24.3 Å². The molecule has 0 aromatic heterocycles. The first kappa shape index (κ1) is 6.82. The molecule has 0 N–H and O–H groups in total. The van der Waals surface area contributed by atoms with E-state index in [1.807, 2.05) is 0 Å². The van der Waals surface area contributed by atoms with Crippen LogP contribution in [-0.2, 0) is 6.42 Å². The van der Waals surface area contributed by atoms with Gasteiger partial charge in [-0.05, 0) is 11.6 Å². The van der Waals surface area contributed by atoms with Crippen molar-refractivity contribution >= 4 is 0 Å². The van der Waals surface area contributed by atoms with Crippen LogP contribution in [-0.4, -0.2) is 0 Å². The summed E-state index contributed by atoms with van der Waals surface area (Å²) in [4.78, 5) is 0. The zero-order chi connectivity index (χ0) is 7.40. The van der Waals surface area contributed by atoms with E-state index in [-0.39, 0.29) is 5.82 Å². The van der Waals surface area contributed by atoms with E-state index in [0.29, 0.717) is 12.0 Å². The van der Waals surface area contributed by atoms with Gasteiger partial charge in [0, 0.05) is 6.42 Å². The second kappa shape index (κ2) is 3.03. The van der Waals surface area contributed by atoms with Gasteiger partial charge in [0.15, 0.2) is 0 Å². The van der Waals surface area contributed by atoms with Crippen molar-refractivity contribution in [3.05, 3.63) is 35.6 Å². The molecule has 0 aliphatic carbocycles. The number of benzene rings is 1. The smallest absolute Gasteiger partial charge is 0.127 e. The Bertz CT molecular complexity index is 258. The van der Waals surface area contributed by atoms with Gasteiger partial charge >= 0.3 is 0 Å². The van der Waals surface area contributed by atoms with Gasteiger partial charge in [0.05, 0.1) is 0 Å². The molecule has 0 spiro atoms. The topological polar surface area (TPSA) is 0 Å². The van der Waals surface area contributed by atoms with E-state index in [9.17, 15) is 4.39 Å². The number of terminal acetylenes is 1. The number of hydrogen-bond donors (Lipinski definition) is 0. The first-order chi connectivity index (χ1) is 4.84. The Labute approximate surface area is 59.7 Å². The van der Waals surface area contributed by atoms with Crippen molar-refractivity contribution in [2.75, 3.05) is 0 Å². The molecule has 0 bridgehead atoms. The van der Waals surface area contributed by atoms with Gasteiger partial charge in [0.2, 0.25) is 0 Å². The standard InChI is InChI=1S/C9H7F/c1-2-5-8-6-3-4-7-9(8)10/h1,3-4,6-7H,5H2. The van der Waals surface area contributed by atoms with Gasteiger partial charge in [0.1, 0.15) is 5.82 Å². The van der Waals surface area contributed by atoms with Gasteiger partial charge in [-0.25, -0.2) is 4.39 Å².